The van der Waals surface area contributed by atoms with Crippen LogP contribution in [-0.2, 0) is 0 Å². The zero-order valence-corrected chi connectivity index (χ0v) is 11.0. The number of nitrogens with one attached hydrogen (secondary N) is 1. The van der Waals surface area contributed by atoms with Crippen LogP contribution in [0.25, 0.3) is 0 Å². The Hall–Kier alpha value is -1.26. The molecule has 3 N–H and O–H groups in total. The fourth-order valence-electron chi connectivity index (χ4n) is 1.39. The van der Waals surface area contributed by atoms with E-state index in [1.165, 1.54) is 6.07 Å². The SMILES string of the molecule is Nc1cccc(Cl)c1Nc1ccc(Br)c(F)c1. The molecule has 5 heteroatoms. The summed E-state index contributed by atoms with van der Waals surface area (Å²) in [6.45, 7) is 0. The number of anilines is 3. The third kappa shape index (κ3) is 2.70. The van der Waals surface area contributed by atoms with Crippen molar-refractivity contribution in [1.29, 1.82) is 0 Å². The summed E-state index contributed by atoms with van der Waals surface area (Å²) in [6.07, 6.45) is 0. The molecule has 0 atom stereocenters. The van der Waals surface area contributed by atoms with Crippen molar-refractivity contribution >= 4 is 44.6 Å². The summed E-state index contributed by atoms with van der Waals surface area (Å²) < 4.78 is 13.7. The smallest absolute Gasteiger partial charge is 0.139 e. The van der Waals surface area contributed by atoms with Crippen molar-refractivity contribution in [3.8, 4) is 0 Å². The van der Waals surface area contributed by atoms with E-state index in [4.69, 9.17) is 17.3 Å². The molecule has 0 radical (unpaired) electrons. The number of hydrogen-bond acceptors (Lipinski definition) is 2. The quantitative estimate of drug-likeness (QED) is 0.797. The molecule has 0 saturated heterocycles. The van der Waals surface area contributed by atoms with Gasteiger partial charge in [-0.25, -0.2) is 4.39 Å². The van der Waals surface area contributed by atoms with E-state index >= 15 is 0 Å². The highest BCUT2D eigenvalue weighted by Crippen LogP contribution is 2.31. The molecule has 17 heavy (non-hydrogen) atoms. The van der Waals surface area contributed by atoms with Crippen LogP contribution in [0.3, 0.4) is 0 Å². The molecule has 2 nitrogen and oxygen atoms in total. The maximum absolute atomic E-state index is 13.3. The average molecular weight is 316 g/mol. The van der Waals surface area contributed by atoms with Crippen LogP contribution in [0.4, 0.5) is 21.5 Å². The van der Waals surface area contributed by atoms with E-state index in [0.717, 1.165) is 0 Å². The first-order chi connectivity index (χ1) is 8.08. The molecule has 88 valence electrons. The number of nitrogen functional groups attached to an aromatic ring is 1. The van der Waals surface area contributed by atoms with Gasteiger partial charge in [-0.2, -0.15) is 0 Å². The minimum Gasteiger partial charge on any atom is -0.397 e. The van der Waals surface area contributed by atoms with Gasteiger partial charge in [-0.15, -0.1) is 0 Å². The van der Waals surface area contributed by atoms with Gasteiger partial charge in [-0.3, -0.25) is 0 Å². The van der Waals surface area contributed by atoms with Gasteiger partial charge in [0.2, 0.25) is 0 Å². The van der Waals surface area contributed by atoms with E-state index in [1.807, 2.05) is 0 Å². The monoisotopic (exact) mass is 314 g/mol. The molecule has 2 aromatic carbocycles. The van der Waals surface area contributed by atoms with Crippen molar-refractivity contribution < 1.29 is 4.39 Å². The van der Waals surface area contributed by atoms with Crippen molar-refractivity contribution in [2.24, 2.45) is 0 Å². The fraction of sp³-hybridized carbons (Fsp3) is 0. The van der Waals surface area contributed by atoms with Crippen LogP contribution in [0.1, 0.15) is 0 Å². The Morgan fingerprint density at radius 1 is 1.24 bits per heavy atom. The molecular weight excluding hydrogens is 307 g/mol. The summed E-state index contributed by atoms with van der Waals surface area (Å²) in [5.74, 6) is -0.347. The molecule has 0 aliphatic carbocycles. The van der Waals surface area contributed by atoms with Gasteiger partial charge in [-0.1, -0.05) is 17.7 Å². The first-order valence-corrected chi connectivity index (χ1v) is 6.01. The standard InChI is InChI=1S/C12H9BrClFN2/c13-8-5-4-7(6-10(8)15)17-12-9(14)2-1-3-11(12)16/h1-6,17H,16H2. The minimum atomic E-state index is -0.347. The van der Waals surface area contributed by atoms with Gasteiger partial charge in [0, 0.05) is 5.69 Å². The van der Waals surface area contributed by atoms with Crippen molar-refractivity contribution in [2.75, 3.05) is 11.1 Å². The Morgan fingerprint density at radius 3 is 2.65 bits per heavy atom. The first kappa shape index (κ1) is 12.2. The van der Waals surface area contributed by atoms with E-state index in [-0.39, 0.29) is 5.82 Å². The number of rotatable bonds is 2. The Morgan fingerprint density at radius 2 is 2.00 bits per heavy atom. The van der Waals surface area contributed by atoms with Gasteiger partial charge in [0.15, 0.2) is 0 Å². The van der Waals surface area contributed by atoms with Crippen LogP contribution < -0.4 is 11.1 Å². The molecule has 0 heterocycles. The van der Waals surface area contributed by atoms with Crippen LogP contribution in [0.2, 0.25) is 5.02 Å². The molecule has 0 aliphatic heterocycles. The zero-order chi connectivity index (χ0) is 12.4. The molecule has 2 aromatic rings. The maximum atomic E-state index is 13.3. The molecule has 0 fully saturated rings. The van der Waals surface area contributed by atoms with Crippen molar-refractivity contribution in [1.82, 2.24) is 0 Å². The van der Waals surface area contributed by atoms with E-state index in [1.54, 1.807) is 30.3 Å². The Bertz CT molecular complexity index is 540. The molecule has 0 spiro atoms. The maximum Gasteiger partial charge on any atom is 0.139 e. The van der Waals surface area contributed by atoms with E-state index in [0.29, 0.717) is 26.6 Å². The van der Waals surface area contributed by atoms with Crippen molar-refractivity contribution in [3.63, 3.8) is 0 Å². The second-order valence-electron chi connectivity index (χ2n) is 3.46. The normalized spacial score (nSPS) is 10.3. The highest BCUT2D eigenvalue weighted by atomic mass is 79.9. The van der Waals surface area contributed by atoms with Crippen LogP contribution in [-0.4, -0.2) is 0 Å². The summed E-state index contributed by atoms with van der Waals surface area (Å²) in [7, 11) is 0. The molecule has 2 rings (SSSR count). The van der Waals surface area contributed by atoms with E-state index < -0.39 is 0 Å². The predicted molar refractivity (Wildman–Crippen MR) is 73.2 cm³/mol. The lowest BCUT2D eigenvalue weighted by atomic mass is 10.2. The number of para-hydroxylation sites is 1. The highest BCUT2D eigenvalue weighted by Gasteiger charge is 2.06. The largest absolute Gasteiger partial charge is 0.397 e. The van der Waals surface area contributed by atoms with E-state index in [9.17, 15) is 4.39 Å². The van der Waals surface area contributed by atoms with Crippen LogP contribution in [0, 0.1) is 5.82 Å². The summed E-state index contributed by atoms with van der Waals surface area (Å²) >= 11 is 9.10. The lowest BCUT2D eigenvalue weighted by molar-refractivity contribution is 0.622. The second-order valence-corrected chi connectivity index (χ2v) is 4.72. The van der Waals surface area contributed by atoms with Gasteiger partial charge in [-0.05, 0) is 46.3 Å². The van der Waals surface area contributed by atoms with E-state index in [2.05, 4.69) is 21.2 Å². The topological polar surface area (TPSA) is 38.0 Å². The van der Waals surface area contributed by atoms with Crippen LogP contribution in [0.15, 0.2) is 40.9 Å². The fourth-order valence-corrected chi connectivity index (χ4v) is 1.87. The van der Waals surface area contributed by atoms with Crippen LogP contribution >= 0.6 is 27.5 Å². The summed E-state index contributed by atoms with van der Waals surface area (Å²) in [6, 6.07) is 9.91. The summed E-state index contributed by atoms with van der Waals surface area (Å²) in [4.78, 5) is 0. The molecule has 0 bridgehead atoms. The number of benzene rings is 2. The second kappa shape index (κ2) is 4.94. The van der Waals surface area contributed by atoms with Crippen LogP contribution in [0.5, 0.6) is 0 Å². The number of nitrogens with two attached hydrogens (primary N) is 1. The minimum absolute atomic E-state index is 0.347. The zero-order valence-electron chi connectivity index (χ0n) is 8.68. The average Bonchev–Trinajstić information content (AvgIpc) is 2.28. The molecule has 0 saturated carbocycles. The predicted octanol–water partition coefficient (Wildman–Crippen LogP) is 4.57. The molecule has 0 aliphatic rings. The van der Waals surface area contributed by atoms with Gasteiger partial charge < -0.3 is 11.1 Å². The number of hydrogen-bond donors (Lipinski definition) is 2. The van der Waals surface area contributed by atoms with Crippen molar-refractivity contribution in [2.45, 2.75) is 0 Å². The lowest BCUT2D eigenvalue weighted by Gasteiger charge is -2.11. The Labute approximate surface area is 112 Å². The van der Waals surface area contributed by atoms with Gasteiger partial charge >= 0.3 is 0 Å². The van der Waals surface area contributed by atoms with Crippen molar-refractivity contribution in [3.05, 3.63) is 51.7 Å². The summed E-state index contributed by atoms with van der Waals surface area (Å²) in [5.41, 5.74) is 7.47. The Kier molecular flexibility index (Phi) is 3.54. The lowest BCUT2D eigenvalue weighted by Crippen LogP contribution is -1.97. The molecule has 0 amide bonds. The first-order valence-electron chi connectivity index (χ1n) is 4.84. The summed E-state index contributed by atoms with van der Waals surface area (Å²) in [5, 5.41) is 3.48. The Balaban J connectivity index is 2.35. The third-order valence-electron chi connectivity index (χ3n) is 2.23. The van der Waals surface area contributed by atoms with Gasteiger partial charge in [0.05, 0.1) is 20.9 Å². The van der Waals surface area contributed by atoms with Gasteiger partial charge in [0.1, 0.15) is 5.82 Å². The molecule has 0 unspecified atom stereocenters. The highest BCUT2D eigenvalue weighted by molar-refractivity contribution is 9.10. The number of halogens is 3. The third-order valence-corrected chi connectivity index (χ3v) is 3.19. The molecular formula is C12H9BrClFN2. The van der Waals surface area contributed by atoms with Gasteiger partial charge in [0.25, 0.3) is 0 Å². The molecule has 0 aromatic heterocycles.